The number of hydrogen-bond donors (Lipinski definition) is 2. The second-order valence-electron chi connectivity index (χ2n) is 10.2. The van der Waals surface area contributed by atoms with Gasteiger partial charge in [-0.3, -0.25) is 14.3 Å². The van der Waals surface area contributed by atoms with Crippen molar-refractivity contribution in [1.82, 2.24) is 19.9 Å². The van der Waals surface area contributed by atoms with Gasteiger partial charge in [0.2, 0.25) is 0 Å². The van der Waals surface area contributed by atoms with E-state index < -0.39 is 11.7 Å². The Morgan fingerprint density at radius 3 is 2.69 bits per heavy atom. The predicted octanol–water partition coefficient (Wildman–Crippen LogP) is 2.72. The molecule has 1 amide bonds. The van der Waals surface area contributed by atoms with Gasteiger partial charge in [0.05, 0.1) is 10.9 Å². The van der Waals surface area contributed by atoms with Gasteiger partial charge in [-0.25, -0.2) is 14.6 Å². The van der Waals surface area contributed by atoms with Crippen LogP contribution in [0.2, 0.25) is 0 Å². The number of carbonyl (C=O) groups is 1. The molecule has 1 saturated carbocycles. The lowest BCUT2D eigenvalue weighted by atomic mass is 9.93. The highest BCUT2D eigenvalue weighted by Gasteiger charge is 2.32. The summed E-state index contributed by atoms with van der Waals surface area (Å²) in [4.78, 5) is 46.1. The average Bonchev–Trinajstić information content (AvgIpc) is 3.41. The molecule has 1 saturated heterocycles. The van der Waals surface area contributed by atoms with Crippen molar-refractivity contribution in [2.45, 2.75) is 65.5 Å². The molecule has 9 heteroatoms. The Morgan fingerprint density at radius 2 is 2.03 bits per heavy atom. The van der Waals surface area contributed by atoms with Gasteiger partial charge in [-0.1, -0.05) is 6.92 Å². The van der Waals surface area contributed by atoms with Crippen LogP contribution in [0.1, 0.15) is 58.6 Å². The molecule has 4 rings (SSSR count). The number of aromatic nitrogens is 3. The number of fused-ring (bicyclic) bond motifs is 1. The van der Waals surface area contributed by atoms with Crippen LogP contribution in [0.5, 0.6) is 0 Å². The molecule has 1 aliphatic heterocycles. The highest BCUT2D eigenvalue weighted by molar-refractivity contribution is 5.84. The van der Waals surface area contributed by atoms with Gasteiger partial charge in [-0.2, -0.15) is 0 Å². The zero-order chi connectivity index (χ0) is 23.2. The summed E-state index contributed by atoms with van der Waals surface area (Å²) in [6.45, 7) is 11.8. The lowest BCUT2D eigenvalue weighted by molar-refractivity contribution is 0.0516. The van der Waals surface area contributed by atoms with Crippen molar-refractivity contribution >= 4 is 22.8 Å². The summed E-state index contributed by atoms with van der Waals surface area (Å²) in [6, 6.07) is 0.154. The number of H-pyrrole nitrogens is 1. The molecule has 3 heterocycles. The topological polar surface area (TPSA) is 109 Å². The van der Waals surface area contributed by atoms with Crippen LogP contribution in [-0.2, 0) is 4.74 Å². The zero-order valence-corrected chi connectivity index (χ0v) is 19.5. The first-order valence-corrected chi connectivity index (χ1v) is 11.4. The van der Waals surface area contributed by atoms with Gasteiger partial charge in [-0.05, 0) is 58.8 Å². The first-order chi connectivity index (χ1) is 15.0. The van der Waals surface area contributed by atoms with E-state index in [1.807, 2.05) is 27.7 Å². The smallest absolute Gasteiger partial charge is 0.407 e. The Morgan fingerprint density at radius 1 is 1.31 bits per heavy atom. The molecule has 0 radical (unpaired) electrons. The van der Waals surface area contributed by atoms with E-state index in [1.54, 1.807) is 10.8 Å². The summed E-state index contributed by atoms with van der Waals surface area (Å²) < 4.78 is 7.06. The van der Waals surface area contributed by atoms with Crippen LogP contribution >= 0.6 is 0 Å². The Labute approximate surface area is 187 Å². The number of aromatic amines is 1. The van der Waals surface area contributed by atoms with Crippen molar-refractivity contribution < 1.29 is 9.53 Å². The minimum atomic E-state index is -0.514. The van der Waals surface area contributed by atoms with Gasteiger partial charge in [0.25, 0.3) is 5.56 Å². The third kappa shape index (κ3) is 4.52. The number of nitrogens with one attached hydrogen (secondary N) is 2. The van der Waals surface area contributed by atoms with E-state index in [-0.39, 0.29) is 23.2 Å². The van der Waals surface area contributed by atoms with Crippen LogP contribution in [0.4, 0.5) is 10.6 Å². The largest absolute Gasteiger partial charge is 0.444 e. The van der Waals surface area contributed by atoms with Crippen LogP contribution in [0.15, 0.2) is 15.8 Å². The fourth-order valence-electron chi connectivity index (χ4n) is 4.56. The number of nitrogens with zero attached hydrogens (tertiary/aromatic N) is 3. The summed E-state index contributed by atoms with van der Waals surface area (Å²) in [5.74, 6) is 1.50. The SMILES string of the molecule is Cc1c(N2CCC([C@H](C)CNC(=O)OC(C)(C)C)C2)ncc2c(=O)[nH]c(=O)n(C3CC3)c12. The van der Waals surface area contributed by atoms with Gasteiger partial charge >= 0.3 is 11.8 Å². The number of carbonyl (C=O) groups excluding carboxylic acids is 1. The van der Waals surface area contributed by atoms with Crippen LogP contribution < -0.4 is 21.5 Å². The van der Waals surface area contributed by atoms with Gasteiger partial charge in [0.15, 0.2) is 0 Å². The molecule has 2 atom stereocenters. The van der Waals surface area contributed by atoms with Crippen LogP contribution in [-0.4, -0.2) is 45.9 Å². The van der Waals surface area contributed by atoms with Crippen molar-refractivity contribution in [3.63, 3.8) is 0 Å². The maximum Gasteiger partial charge on any atom is 0.407 e. The van der Waals surface area contributed by atoms with Crippen molar-refractivity contribution in [2.75, 3.05) is 24.5 Å². The van der Waals surface area contributed by atoms with E-state index >= 15 is 0 Å². The second kappa shape index (κ2) is 8.26. The van der Waals surface area contributed by atoms with Crippen molar-refractivity contribution in [3.05, 3.63) is 32.6 Å². The van der Waals surface area contributed by atoms with Crippen molar-refractivity contribution in [2.24, 2.45) is 11.8 Å². The first kappa shape index (κ1) is 22.4. The minimum Gasteiger partial charge on any atom is -0.444 e. The molecule has 1 unspecified atom stereocenters. The van der Waals surface area contributed by atoms with Crippen LogP contribution in [0.3, 0.4) is 0 Å². The summed E-state index contributed by atoms with van der Waals surface area (Å²) in [7, 11) is 0. The lowest BCUT2D eigenvalue weighted by Crippen LogP contribution is -2.36. The number of alkyl carbamates (subject to hydrolysis) is 1. The molecule has 2 fully saturated rings. The summed E-state index contributed by atoms with van der Waals surface area (Å²) in [5.41, 5.74) is 0.337. The van der Waals surface area contributed by atoms with E-state index in [2.05, 4.69) is 27.1 Å². The molecule has 0 aromatic carbocycles. The Kier molecular flexibility index (Phi) is 5.77. The van der Waals surface area contributed by atoms with E-state index in [1.165, 1.54) is 0 Å². The average molecular weight is 444 g/mol. The highest BCUT2D eigenvalue weighted by Crippen LogP contribution is 2.37. The monoisotopic (exact) mass is 443 g/mol. The standard InChI is InChI=1S/C23H33N5O4/c1-13(10-25-22(31)32-23(3,4)5)15-8-9-27(12-15)19-14(2)18-17(11-24-19)20(29)26-21(30)28(18)16-6-7-16/h11,13,15-16H,6-10,12H2,1-5H3,(H,25,31)(H,26,29,30)/t13-,15?/m1/s1. The van der Waals surface area contributed by atoms with E-state index in [0.717, 1.165) is 43.7 Å². The normalized spacial score (nSPS) is 19.9. The number of rotatable bonds is 5. The molecule has 2 N–H and O–H groups in total. The third-order valence-corrected chi connectivity index (χ3v) is 6.39. The maximum absolute atomic E-state index is 12.5. The Balaban J connectivity index is 1.51. The Hall–Kier alpha value is -2.84. The molecule has 0 spiro atoms. The number of amides is 1. The van der Waals surface area contributed by atoms with Gasteiger partial charge < -0.3 is 15.0 Å². The van der Waals surface area contributed by atoms with Crippen molar-refractivity contribution in [3.8, 4) is 0 Å². The third-order valence-electron chi connectivity index (χ3n) is 6.39. The molecule has 9 nitrogen and oxygen atoms in total. The van der Waals surface area contributed by atoms with Gasteiger partial charge in [0, 0.05) is 37.4 Å². The lowest BCUT2D eigenvalue weighted by Gasteiger charge is -2.24. The quantitative estimate of drug-likeness (QED) is 0.735. The summed E-state index contributed by atoms with van der Waals surface area (Å²) in [6.07, 6.45) is 4.09. The molecule has 1 aliphatic carbocycles. The van der Waals surface area contributed by atoms with E-state index in [9.17, 15) is 14.4 Å². The fourth-order valence-corrected chi connectivity index (χ4v) is 4.56. The molecular weight excluding hydrogens is 410 g/mol. The molecule has 174 valence electrons. The van der Waals surface area contributed by atoms with Gasteiger partial charge in [0.1, 0.15) is 11.4 Å². The molecule has 2 aromatic rings. The van der Waals surface area contributed by atoms with Gasteiger partial charge in [-0.15, -0.1) is 0 Å². The second-order valence-corrected chi connectivity index (χ2v) is 10.2. The molecule has 32 heavy (non-hydrogen) atoms. The highest BCUT2D eigenvalue weighted by atomic mass is 16.6. The number of aryl methyl sites for hydroxylation is 1. The molecular formula is C23H33N5O4. The summed E-state index contributed by atoms with van der Waals surface area (Å²) >= 11 is 0. The zero-order valence-electron chi connectivity index (χ0n) is 19.5. The number of pyridine rings is 1. The molecule has 2 aromatic heterocycles. The van der Waals surface area contributed by atoms with E-state index in [4.69, 9.17) is 4.74 Å². The molecule has 2 aliphatic rings. The number of ether oxygens (including phenoxy) is 1. The predicted molar refractivity (Wildman–Crippen MR) is 123 cm³/mol. The van der Waals surface area contributed by atoms with E-state index in [0.29, 0.717) is 23.4 Å². The minimum absolute atomic E-state index is 0.154. The van der Waals surface area contributed by atoms with Crippen LogP contribution in [0, 0.1) is 18.8 Å². The number of hydrogen-bond acceptors (Lipinski definition) is 6. The Bertz CT molecular complexity index is 1140. The summed E-state index contributed by atoms with van der Waals surface area (Å²) in [5, 5.41) is 3.34. The molecule has 0 bridgehead atoms. The fraction of sp³-hybridized carbons (Fsp3) is 0.652. The van der Waals surface area contributed by atoms with Crippen molar-refractivity contribution in [1.29, 1.82) is 0 Å². The first-order valence-electron chi connectivity index (χ1n) is 11.4. The maximum atomic E-state index is 12.5. The van der Waals surface area contributed by atoms with Crippen LogP contribution in [0.25, 0.3) is 10.9 Å². The number of anilines is 1.